The summed E-state index contributed by atoms with van der Waals surface area (Å²) in [6.07, 6.45) is 4.41. The number of amides is 2. The lowest BCUT2D eigenvalue weighted by molar-refractivity contribution is -0.113. The van der Waals surface area contributed by atoms with Crippen molar-refractivity contribution in [2.75, 3.05) is 50.6 Å². The zero-order chi connectivity index (χ0) is 25.2. The molecular weight excluding hydrogens is 478 g/mol. The summed E-state index contributed by atoms with van der Waals surface area (Å²) in [5.41, 5.74) is 9.57. The van der Waals surface area contributed by atoms with E-state index in [0.717, 1.165) is 60.4 Å². The van der Waals surface area contributed by atoms with E-state index in [1.807, 2.05) is 24.4 Å². The van der Waals surface area contributed by atoms with Crippen LogP contribution in [0.25, 0.3) is 11.0 Å². The SMILES string of the molecule is COc1ccc2nccc(CCN3CCC(N(C)C(=O)c4nc5c(cc4N)SCC(=O)N5)CC3)c2n1. The molecule has 3 aromatic rings. The van der Waals surface area contributed by atoms with Gasteiger partial charge in [0, 0.05) is 45.0 Å². The highest BCUT2D eigenvalue weighted by molar-refractivity contribution is 8.00. The molecule has 2 amide bonds. The van der Waals surface area contributed by atoms with Gasteiger partial charge < -0.3 is 25.6 Å². The molecule has 0 aromatic carbocycles. The summed E-state index contributed by atoms with van der Waals surface area (Å²) < 4.78 is 5.28. The van der Waals surface area contributed by atoms with Crippen LogP contribution in [-0.2, 0) is 11.2 Å². The fourth-order valence-corrected chi connectivity index (χ4v) is 5.51. The molecular formula is C25H29N7O3S. The summed E-state index contributed by atoms with van der Waals surface area (Å²) in [6.45, 7) is 2.68. The molecule has 0 unspecified atom stereocenters. The number of hydrogen-bond donors (Lipinski definition) is 2. The quantitative estimate of drug-likeness (QED) is 0.517. The van der Waals surface area contributed by atoms with Crippen LogP contribution in [0.1, 0.15) is 28.9 Å². The number of fused-ring (bicyclic) bond motifs is 2. The molecule has 0 atom stereocenters. The molecule has 0 saturated carbocycles. The maximum absolute atomic E-state index is 13.2. The van der Waals surface area contributed by atoms with Gasteiger partial charge >= 0.3 is 0 Å². The van der Waals surface area contributed by atoms with E-state index in [2.05, 4.69) is 25.2 Å². The Kier molecular flexibility index (Phi) is 6.92. The number of rotatable bonds is 6. The Labute approximate surface area is 213 Å². The Balaban J connectivity index is 1.19. The second kappa shape index (κ2) is 10.3. The number of nitrogen functional groups attached to an aromatic ring is 1. The maximum atomic E-state index is 13.2. The molecule has 0 bridgehead atoms. The first-order valence-corrected chi connectivity index (χ1v) is 12.9. The lowest BCUT2D eigenvalue weighted by atomic mass is 10.0. The second-order valence-corrected chi connectivity index (χ2v) is 10.1. The minimum Gasteiger partial charge on any atom is -0.481 e. The van der Waals surface area contributed by atoms with Crippen LogP contribution in [0.2, 0.25) is 0 Å². The van der Waals surface area contributed by atoms with Gasteiger partial charge in [0.2, 0.25) is 11.8 Å². The molecule has 0 spiro atoms. The summed E-state index contributed by atoms with van der Waals surface area (Å²) in [7, 11) is 3.42. The summed E-state index contributed by atoms with van der Waals surface area (Å²) in [5, 5.41) is 2.73. The number of nitrogens with zero attached hydrogens (tertiary/aromatic N) is 5. The molecule has 0 radical (unpaired) electrons. The second-order valence-electron chi connectivity index (χ2n) is 9.04. The topological polar surface area (TPSA) is 127 Å². The average Bonchev–Trinajstić information content (AvgIpc) is 2.91. The number of methoxy groups -OCH3 is 1. The number of ether oxygens (including phenoxy) is 1. The number of carbonyl (C=O) groups excluding carboxylic acids is 2. The van der Waals surface area contributed by atoms with Crippen molar-refractivity contribution in [2.24, 2.45) is 0 Å². The van der Waals surface area contributed by atoms with E-state index in [1.165, 1.54) is 11.8 Å². The third kappa shape index (κ3) is 4.93. The van der Waals surface area contributed by atoms with E-state index < -0.39 is 0 Å². The number of nitrogens with two attached hydrogens (primary N) is 1. The van der Waals surface area contributed by atoms with Crippen molar-refractivity contribution in [1.29, 1.82) is 0 Å². The van der Waals surface area contributed by atoms with E-state index in [9.17, 15) is 9.59 Å². The van der Waals surface area contributed by atoms with Gasteiger partial charge in [0.1, 0.15) is 5.82 Å². The van der Waals surface area contributed by atoms with Crippen LogP contribution < -0.4 is 15.8 Å². The largest absolute Gasteiger partial charge is 0.481 e. The van der Waals surface area contributed by atoms with Gasteiger partial charge in [-0.05, 0) is 43.0 Å². The Bertz CT molecular complexity index is 1310. The number of likely N-dealkylation sites (tertiary alicyclic amines) is 1. The molecule has 10 nitrogen and oxygen atoms in total. The van der Waals surface area contributed by atoms with E-state index in [0.29, 0.717) is 23.1 Å². The fraction of sp³-hybridized carbons (Fsp3) is 0.400. The molecule has 11 heteroatoms. The molecule has 5 rings (SSSR count). The number of hydrogen-bond acceptors (Lipinski definition) is 9. The lowest BCUT2D eigenvalue weighted by Crippen LogP contribution is -2.46. The number of pyridine rings is 3. The zero-order valence-electron chi connectivity index (χ0n) is 20.4. The monoisotopic (exact) mass is 507 g/mol. The van der Waals surface area contributed by atoms with Crippen molar-refractivity contribution in [3.8, 4) is 5.88 Å². The van der Waals surface area contributed by atoms with E-state index in [4.69, 9.17) is 10.5 Å². The summed E-state index contributed by atoms with van der Waals surface area (Å²) >= 11 is 1.37. The van der Waals surface area contributed by atoms with Gasteiger partial charge in [0.05, 0.1) is 34.5 Å². The Morgan fingerprint density at radius 2 is 2.08 bits per heavy atom. The average molecular weight is 508 g/mol. The van der Waals surface area contributed by atoms with Crippen molar-refractivity contribution in [2.45, 2.75) is 30.2 Å². The number of piperidine rings is 1. The van der Waals surface area contributed by atoms with Crippen LogP contribution in [-0.4, -0.2) is 82.2 Å². The minimum absolute atomic E-state index is 0.0997. The number of carbonyl (C=O) groups is 2. The number of anilines is 2. The molecule has 188 valence electrons. The van der Waals surface area contributed by atoms with Crippen LogP contribution in [0.3, 0.4) is 0 Å². The third-order valence-electron chi connectivity index (χ3n) is 6.81. The van der Waals surface area contributed by atoms with E-state index in [1.54, 1.807) is 25.1 Å². The van der Waals surface area contributed by atoms with Gasteiger partial charge in [-0.2, -0.15) is 0 Å². The highest BCUT2D eigenvalue weighted by Gasteiger charge is 2.29. The maximum Gasteiger partial charge on any atom is 0.274 e. The molecule has 36 heavy (non-hydrogen) atoms. The molecule has 2 aliphatic rings. The van der Waals surface area contributed by atoms with Gasteiger partial charge in [-0.1, -0.05) is 0 Å². The van der Waals surface area contributed by atoms with Crippen LogP contribution in [0.4, 0.5) is 11.5 Å². The molecule has 3 aromatic heterocycles. The highest BCUT2D eigenvalue weighted by atomic mass is 32.2. The molecule has 2 aliphatic heterocycles. The molecule has 1 saturated heterocycles. The molecule has 5 heterocycles. The first-order chi connectivity index (χ1) is 17.4. The van der Waals surface area contributed by atoms with Gasteiger partial charge in [0.25, 0.3) is 5.91 Å². The van der Waals surface area contributed by atoms with Crippen LogP contribution in [0.5, 0.6) is 5.88 Å². The van der Waals surface area contributed by atoms with Crippen molar-refractivity contribution in [3.63, 3.8) is 0 Å². The molecule has 3 N–H and O–H groups in total. The molecule has 1 fully saturated rings. The molecule has 0 aliphatic carbocycles. The third-order valence-corrected chi connectivity index (χ3v) is 7.84. The van der Waals surface area contributed by atoms with Crippen molar-refractivity contribution in [3.05, 3.63) is 41.7 Å². The summed E-state index contributed by atoms with van der Waals surface area (Å²) in [4.78, 5) is 43.3. The Hall–Kier alpha value is -3.44. The van der Waals surface area contributed by atoms with E-state index >= 15 is 0 Å². The van der Waals surface area contributed by atoms with Crippen LogP contribution >= 0.6 is 11.8 Å². The Morgan fingerprint density at radius 1 is 1.28 bits per heavy atom. The van der Waals surface area contributed by atoms with Crippen molar-refractivity contribution in [1.82, 2.24) is 24.8 Å². The minimum atomic E-state index is -0.221. The first kappa shape index (κ1) is 24.3. The smallest absolute Gasteiger partial charge is 0.274 e. The number of aromatic nitrogens is 3. The number of nitrogens with one attached hydrogen (secondary N) is 1. The van der Waals surface area contributed by atoms with Gasteiger partial charge in [-0.15, -0.1) is 11.8 Å². The normalized spacial score (nSPS) is 16.4. The van der Waals surface area contributed by atoms with Gasteiger partial charge in [-0.25, -0.2) is 9.97 Å². The van der Waals surface area contributed by atoms with Crippen LogP contribution in [0.15, 0.2) is 35.4 Å². The predicted octanol–water partition coefficient (Wildman–Crippen LogP) is 2.44. The Morgan fingerprint density at radius 3 is 2.86 bits per heavy atom. The van der Waals surface area contributed by atoms with Crippen LogP contribution in [0, 0.1) is 0 Å². The van der Waals surface area contributed by atoms with Crippen molar-refractivity contribution < 1.29 is 14.3 Å². The first-order valence-electron chi connectivity index (χ1n) is 11.9. The summed E-state index contributed by atoms with van der Waals surface area (Å²) in [5.74, 6) is 0.968. The fourth-order valence-electron chi connectivity index (χ4n) is 4.71. The van der Waals surface area contributed by atoms with Crippen molar-refractivity contribution >= 4 is 46.1 Å². The van der Waals surface area contributed by atoms with E-state index in [-0.39, 0.29) is 23.6 Å². The number of thioether (sulfide) groups is 1. The standard InChI is InChI=1S/C25H29N7O3S/c1-31(25(34)23-17(26)13-19-24(30-23)28-20(33)14-36-19)16-7-11-32(12-8-16)10-6-15-5-9-27-18-3-4-21(35-2)29-22(15)18/h3-5,9,13,16H,6-8,10-12,14,26H2,1-2H3,(H,28,30,33). The summed E-state index contributed by atoms with van der Waals surface area (Å²) in [6, 6.07) is 7.60. The van der Waals surface area contributed by atoms with Gasteiger partial charge in [-0.3, -0.25) is 14.6 Å². The van der Waals surface area contributed by atoms with Gasteiger partial charge in [0.15, 0.2) is 5.69 Å². The highest BCUT2D eigenvalue weighted by Crippen LogP contribution is 2.33. The zero-order valence-corrected chi connectivity index (χ0v) is 21.2. The predicted molar refractivity (Wildman–Crippen MR) is 139 cm³/mol. The lowest BCUT2D eigenvalue weighted by Gasteiger charge is -2.36.